The van der Waals surface area contributed by atoms with Gasteiger partial charge in [-0.25, -0.2) is 9.48 Å². The fourth-order valence-corrected chi connectivity index (χ4v) is 2.07. The third kappa shape index (κ3) is 3.74. The van der Waals surface area contributed by atoms with Crippen LogP contribution in [-0.2, 0) is 16.6 Å². The molecule has 2 aromatic rings. The number of nitrogens with one attached hydrogen (secondary N) is 1. The zero-order valence-electron chi connectivity index (χ0n) is 13.3. The zero-order valence-corrected chi connectivity index (χ0v) is 13.3. The molecule has 1 N–H and O–H groups in total. The molecule has 0 spiro atoms. The standard InChI is InChI=1S/C16H19N3O4/c1-4-10(2)17-13(20)9-23-16(22)14-11-7-5-6-8-12(11)15(21)19(3)18-14/h5-8,10H,4,9H2,1-3H3,(H,17,20). The minimum Gasteiger partial charge on any atom is -0.451 e. The second-order valence-corrected chi connectivity index (χ2v) is 5.28. The molecular formula is C16H19N3O4. The summed E-state index contributed by atoms with van der Waals surface area (Å²) in [5.74, 6) is -1.11. The molecule has 122 valence electrons. The van der Waals surface area contributed by atoms with Gasteiger partial charge in [0.05, 0.1) is 5.39 Å². The van der Waals surface area contributed by atoms with Crippen LogP contribution in [0.2, 0.25) is 0 Å². The van der Waals surface area contributed by atoms with E-state index >= 15 is 0 Å². The lowest BCUT2D eigenvalue weighted by molar-refractivity contribution is -0.124. The lowest BCUT2D eigenvalue weighted by atomic mass is 10.1. The molecule has 1 aromatic heterocycles. The van der Waals surface area contributed by atoms with Crippen LogP contribution in [-0.4, -0.2) is 34.3 Å². The van der Waals surface area contributed by atoms with Gasteiger partial charge >= 0.3 is 5.97 Å². The van der Waals surface area contributed by atoms with E-state index < -0.39 is 5.97 Å². The molecular weight excluding hydrogens is 298 g/mol. The van der Waals surface area contributed by atoms with Crippen LogP contribution in [0.3, 0.4) is 0 Å². The van der Waals surface area contributed by atoms with Crippen molar-refractivity contribution in [3.8, 4) is 0 Å². The maximum Gasteiger partial charge on any atom is 0.359 e. The molecule has 0 aliphatic rings. The van der Waals surface area contributed by atoms with Gasteiger partial charge in [-0.1, -0.05) is 25.1 Å². The van der Waals surface area contributed by atoms with Crippen molar-refractivity contribution in [2.75, 3.05) is 6.61 Å². The molecule has 1 atom stereocenters. The van der Waals surface area contributed by atoms with Gasteiger partial charge in [-0.2, -0.15) is 5.10 Å². The van der Waals surface area contributed by atoms with Gasteiger partial charge in [0.2, 0.25) is 0 Å². The molecule has 0 radical (unpaired) electrons. The van der Waals surface area contributed by atoms with Crippen molar-refractivity contribution in [1.29, 1.82) is 0 Å². The maximum absolute atomic E-state index is 12.2. The van der Waals surface area contributed by atoms with E-state index in [2.05, 4.69) is 10.4 Å². The number of carbonyl (C=O) groups excluding carboxylic acids is 2. The number of nitrogens with zero attached hydrogens (tertiary/aromatic N) is 2. The van der Waals surface area contributed by atoms with Gasteiger partial charge in [-0.15, -0.1) is 0 Å². The number of carbonyl (C=O) groups is 2. The first-order chi connectivity index (χ1) is 10.9. The van der Waals surface area contributed by atoms with Gasteiger partial charge in [0, 0.05) is 18.5 Å². The Morgan fingerprint density at radius 2 is 1.96 bits per heavy atom. The normalized spacial score (nSPS) is 12.0. The fourth-order valence-electron chi connectivity index (χ4n) is 2.07. The predicted octanol–water partition coefficient (Wildman–Crippen LogP) is 1.00. The summed E-state index contributed by atoms with van der Waals surface area (Å²) in [5.41, 5.74) is -0.286. The molecule has 0 saturated heterocycles. The first-order valence-corrected chi connectivity index (χ1v) is 7.36. The molecule has 2 rings (SSSR count). The smallest absolute Gasteiger partial charge is 0.359 e. The molecule has 0 bridgehead atoms. The Morgan fingerprint density at radius 3 is 2.61 bits per heavy atom. The molecule has 23 heavy (non-hydrogen) atoms. The molecule has 7 nitrogen and oxygen atoms in total. The Hall–Kier alpha value is -2.70. The molecule has 0 aliphatic carbocycles. The van der Waals surface area contributed by atoms with E-state index in [1.54, 1.807) is 24.3 Å². The molecule has 1 heterocycles. The molecule has 1 aromatic carbocycles. The van der Waals surface area contributed by atoms with Crippen molar-refractivity contribution in [3.63, 3.8) is 0 Å². The van der Waals surface area contributed by atoms with E-state index in [0.717, 1.165) is 11.1 Å². The number of hydrogen-bond acceptors (Lipinski definition) is 5. The lowest BCUT2D eigenvalue weighted by Crippen LogP contribution is -2.35. The number of hydrogen-bond donors (Lipinski definition) is 1. The van der Waals surface area contributed by atoms with Crippen molar-refractivity contribution in [2.24, 2.45) is 7.05 Å². The molecule has 1 unspecified atom stereocenters. The van der Waals surface area contributed by atoms with E-state index in [4.69, 9.17) is 4.74 Å². The molecule has 0 fully saturated rings. The van der Waals surface area contributed by atoms with Gasteiger partial charge in [0.15, 0.2) is 12.3 Å². The Morgan fingerprint density at radius 1 is 1.30 bits per heavy atom. The summed E-state index contributed by atoms with van der Waals surface area (Å²) >= 11 is 0. The SMILES string of the molecule is CCC(C)NC(=O)COC(=O)c1nn(C)c(=O)c2ccccc12. The van der Waals surface area contributed by atoms with Crippen molar-refractivity contribution < 1.29 is 14.3 Å². The van der Waals surface area contributed by atoms with Crippen molar-refractivity contribution in [2.45, 2.75) is 26.3 Å². The summed E-state index contributed by atoms with van der Waals surface area (Å²) in [7, 11) is 1.46. The highest BCUT2D eigenvalue weighted by Gasteiger charge is 2.18. The summed E-state index contributed by atoms with van der Waals surface area (Å²) < 4.78 is 6.09. The summed E-state index contributed by atoms with van der Waals surface area (Å²) in [6, 6.07) is 6.66. The monoisotopic (exact) mass is 317 g/mol. The zero-order chi connectivity index (χ0) is 17.0. The quantitative estimate of drug-likeness (QED) is 0.831. The van der Waals surface area contributed by atoms with Crippen LogP contribution in [0.1, 0.15) is 30.8 Å². The summed E-state index contributed by atoms with van der Waals surface area (Å²) in [4.78, 5) is 35.9. The van der Waals surface area contributed by atoms with Crippen LogP contribution in [0, 0.1) is 0 Å². The van der Waals surface area contributed by atoms with Gasteiger partial charge < -0.3 is 10.1 Å². The predicted molar refractivity (Wildman–Crippen MR) is 85.2 cm³/mol. The average molecular weight is 317 g/mol. The van der Waals surface area contributed by atoms with E-state index in [9.17, 15) is 14.4 Å². The minimum atomic E-state index is -0.740. The highest BCUT2D eigenvalue weighted by Crippen LogP contribution is 2.13. The van der Waals surface area contributed by atoms with Gasteiger partial charge in [-0.05, 0) is 19.4 Å². The first-order valence-electron chi connectivity index (χ1n) is 7.36. The van der Waals surface area contributed by atoms with Gasteiger partial charge in [0.25, 0.3) is 11.5 Å². The highest BCUT2D eigenvalue weighted by molar-refractivity contribution is 6.02. The highest BCUT2D eigenvalue weighted by atomic mass is 16.5. The third-order valence-corrected chi connectivity index (χ3v) is 3.50. The third-order valence-electron chi connectivity index (χ3n) is 3.50. The fraction of sp³-hybridized carbons (Fsp3) is 0.375. The molecule has 0 saturated carbocycles. The summed E-state index contributed by atoms with van der Waals surface area (Å²) in [6.07, 6.45) is 0.784. The Bertz CT molecular complexity index is 798. The Kier molecular flexibility index (Phi) is 5.10. The van der Waals surface area contributed by atoms with Crippen molar-refractivity contribution in [1.82, 2.24) is 15.1 Å². The number of aromatic nitrogens is 2. The number of benzene rings is 1. The Balaban J connectivity index is 2.20. The number of ether oxygens (including phenoxy) is 1. The van der Waals surface area contributed by atoms with E-state index in [0.29, 0.717) is 10.8 Å². The van der Waals surface area contributed by atoms with Crippen LogP contribution in [0.5, 0.6) is 0 Å². The Labute approximate surface area is 133 Å². The van der Waals surface area contributed by atoms with Crippen molar-refractivity contribution >= 4 is 22.6 Å². The number of rotatable bonds is 5. The minimum absolute atomic E-state index is 0.0118. The van der Waals surface area contributed by atoms with Crippen LogP contribution in [0.25, 0.3) is 10.8 Å². The van der Waals surface area contributed by atoms with Crippen LogP contribution >= 0.6 is 0 Å². The lowest BCUT2D eigenvalue weighted by Gasteiger charge is -2.12. The maximum atomic E-state index is 12.2. The van der Waals surface area contributed by atoms with Crippen LogP contribution in [0.15, 0.2) is 29.1 Å². The summed E-state index contributed by atoms with van der Waals surface area (Å²) in [5, 5.41) is 7.44. The number of amides is 1. The second-order valence-electron chi connectivity index (χ2n) is 5.28. The van der Waals surface area contributed by atoms with E-state index in [1.807, 2.05) is 13.8 Å². The molecule has 1 amide bonds. The van der Waals surface area contributed by atoms with E-state index in [1.165, 1.54) is 7.05 Å². The van der Waals surface area contributed by atoms with Crippen molar-refractivity contribution in [3.05, 3.63) is 40.3 Å². The molecule has 0 aliphatic heterocycles. The first kappa shape index (κ1) is 16.7. The topological polar surface area (TPSA) is 90.3 Å². The van der Waals surface area contributed by atoms with Gasteiger partial charge in [0.1, 0.15) is 0 Å². The average Bonchev–Trinajstić information content (AvgIpc) is 2.55. The number of fused-ring (bicyclic) bond motifs is 1. The number of aryl methyl sites for hydroxylation is 1. The summed E-state index contributed by atoms with van der Waals surface area (Å²) in [6.45, 7) is 3.42. The van der Waals surface area contributed by atoms with Crippen LogP contribution in [0.4, 0.5) is 0 Å². The second kappa shape index (κ2) is 7.04. The number of esters is 1. The van der Waals surface area contributed by atoms with Crippen LogP contribution < -0.4 is 10.9 Å². The molecule has 7 heteroatoms. The van der Waals surface area contributed by atoms with E-state index in [-0.39, 0.29) is 29.8 Å². The largest absolute Gasteiger partial charge is 0.451 e. The van der Waals surface area contributed by atoms with Gasteiger partial charge in [-0.3, -0.25) is 9.59 Å².